The molecule has 0 spiro atoms. The molecule has 0 unspecified atom stereocenters. The molecule has 39 heavy (non-hydrogen) atoms. The molecule has 4 aromatic rings. The number of nitro groups is 1. The Bertz CT molecular complexity index is 1500. The lowest BCUT2D eigenvalue weighted by Crippen LogP contribution is -2.27. The number of benzene rings is 3. The Morgan fingerprint density at radius 2 is 1.67 bits per heavy atom. The van der Waals surface area contributed by atoms with Gasteiger partial charge in [0.05, 0.1) is 22.8 Å². The molecule has 0 aliphatic carbocycles. The maximum Gasteiger partial charge on any atom is 0.338 e. The first-order valence-electron chi connectivity index (χ1n) is 12.2. The molecule has 0 aliphatic heterocycles. The molecule has 10 nitrogen and oxygen atoms in total. The molecule has 2 amide bonds. The summed E-state index contributed by atoms with van der Waals surface area (Å²) >= 11 is 1.40. The van der Waals surface area contributed by atoms with Crippen LogP contribution >= 0.6 is 11.8 Å². The van der Waals surface area contributed by atoms with Gasteiger partial charge < -0.3 is 19.9 Å². The highest BCUT2D eigenvalue weighted by Gasteiger charge is 2.13. The van der Waals surface area contributed by atoms with E-state index in [1.165, 1.54) is 36.0 Å². The Balaban J connectivity index is 1.33. The van der Waals surface area contributed by atoms with Gasteiger partial charge in [-0.2, -0.15) is 0 Å². The molecule has 1 heterocycles. The number of thioether (sulfide) groups is 1. The van der Waals surface area contributed by atoms with E-state index in [0.29, 0.717) is 36.5 Å². The second-order valence-corrected chi connectivity index (χ2v) is 9.42. The van der Waals surface area contributed by atoms with E-state index in [0.717, 1.165) is 15.8 Å². The number of nitrogens with one attached hydrogen (secondary N) is 2. The van der Waals surface area contributed by atoms with Crippen molar-refractivity contribution in [2.24, 2.45) is 0 Å². The Labute approximate surface area is 228 Å². The minimum atomic E-state index is -0.511. The van der Waals surface area contributed by atoms with E-state index in [9.17, 15) is 24.5 Å². The number of ether oxygens (including phenoxy) is 1. The van der Waals surface area contributed by atoms with E-state index >= 15 is 0 Å². The number of para-hydroxylation sites is 1. The van der Waals surface area contributed by atoms with Crippen molar-refractivity contribution in [3.05, 3.63) is 100 Å². The third-order valence-corrected chi connectivity index (χ3v) is 6.81. The normalized spacial score (nSPS) is 10.7. The SMILES string of the molecule is CCOC(=O)c1ccc(NC(=O)CSc2cn(CCNC(=O)c3ccc([N+](=O)[O-])cc3)c3ccccc23)cc1. The summed E-state index contributed by atoms with van der Waals surface area (Å²) in [5.41, 5.74) is 2.24. The summed E-state index contributed by atoms with van der Waals surface area (Å²) in [5, 5.41) is 17.5. The number of nitro benzene ring substituents is 1. The minimum Gasteiger partial charge on any atom is -0.462 e. The summed E-state index contributed by atoms with van der Waals surface area (Å²) in [6.07, 6.45) is 1.95. The molecule has 0 saturated heterocycles. The standard InChI is InChI=1S/C28H26N4O6S/c1-2-38-28(35)20-7-11-21(12-8-20)30-26(33)18-39-25-17-31(24-6-4-3-5-23(24)25)16-15-29-27(34)19-9-13-22(14-10-19)32(36)37/h3-14,17H,2,15-16,18H2,1H3,(H,29,34)(H,30,33). The molecule has 200 valence electrons. The topological polar surface area (TPSA) is 133 Å². The van der Waals surface area contributed by atoms with Crippen molar-refractivity contribution >= 4 is 51.8 Å². The van der Waals surface area contributed by atoms with E-state index < -0.39 is 10.9 Å². The van der Waals surface area contributed by atoms with Gasteiger partial charge in [-0.05, 0) is 49.4 Å². The fraction of sp³-hybridized carbons (Fsp3) is 0.179. The van der Waals surface area contributed by atoms with Gasteiger partial charge in [0, 0.05) is 58.5 Å². The largest absolute Gasteiger partial charge is 0.462 e. The number of hydrogen-bond donors (Lipinski definition) is 2. The smallest absolute Gasteiger partial charge is 0.338 e. The fourth-order valence-electron chi connectivity index (χ4n) is 3.88. The number of carbonyl (C=O) groups excluding carboxylic acids is 3. The third kappa shape index (κ3) is 7.02. The van der Waals surface area contributed by atoms with Crippen molar-refractivity contribution < 1.29 is 24.0 Å². The highest BCUT2D eigenvalue weighted by molar-refractivity contribution is 8.00. The lowest BCUT2D eigenvalue weighted by Gasteiger charge is -2.07. The first-order chi connectivity index (χ1) is 18.9. The fourth-order valence-corrected chi connectivity index (χ4v) is 4.77. The van der Waals surface area contributed by atoms with Crippen LogP contribution in [0.4, 0.5) is 11.4 Å². The van der Waals surface area contributed by atoms with Crippen molar-refractivity contribution in [1.29, 1.82) is 0 Å². The maximum atomic E-state index is 12.6. The van der Waals surface area contributed by atoms with Crippen LogP contribution in [-0.2, 0) is 16.1 Å². The molecule has 0 atom stereocenters. The van der Waals surface area contributed by atoms with Crippen molar-refractivity contribution in [2.75, 3.05) is 24.2 Å². The van der Waals surface area contributed by atoms with Crippen LogP contribution in [-0.4, -0.2) is 46.2 Å². The highest BCUT2D eigenvalue weighted by Crippen LogP contribution is 2.30. The van der Waals surface area contributed by atoms with Gasteiger partial charge in [-0.3, -0.25) is 19.7 Å². The first kappa shape index (κ1) is 27.4. The Morgan fingerprint density at radius 3 is 2.36 bits per heavy atom. The van der Waals surface area contributed by atoms with Gasteiger partial charge >= 0.3 is 5.97 Å². The molecule has 0 fully saturated rings. The van der Waals surface area contributed by atoms with Crippen LogP contribution in [0.5, 0.6) is 0 Å². The number of aromatic nitrogens is 1. The van der Waals surface area contributed by atoms with Crippen LogP contribution in [0, 0.1) is 10.1 Å². The molecule has 0 aliphatic rings. The average molecular weight is 547 g/mol. The number of hydrogen-bond acceptors (Lipinski definition) is 7. The average Bonchev–Trinajstić information content (AvgIpc) is 3.30. The lowest BCUT2D eigenvalue weighted by atomic mass is 10.2. The monoisotopic (exact) mass is 546 g/mol. The van der Waals surface area contributed by atoms with Crippen LogP contribution in [0.25, 0.3) is 10.9 Å². The predicted molar refractivity (Wildman–Crippen MR) is 149 cm³/mol. The van der Waals surface area contributed by atoms with Gasteiger partial charge in [0.2, 0.25) is 5.91 Å². The number of rotatable bonds is 11. The van der Waals surface area contributed by atoms with Gasteiger partial charge in [-0.1, -0.05) is 18.2 Å². The lowest BCUT2D eigenvalue weighted by molar-refractivity contribution is -0.384. The predicted octanol–water partition coefficient (Wildman–Crippen LogP) is 4.89. The Morgan fingerprint density at radius 1 is 0.974 bits per heavy atom. The Kier molecular flexibility index (Phi) is 8.95. The molecule has 11 heteroatoms. The van der Waals surface area contributed by atoms with E-state index in [1.54, 1.807) is 31.2 Å². The summed E-state index contributed by atoms with van der Waals surface area (Å²) in [6, 6.07) is 19.8. The number of anilines is 1. The first-order valence-corrected chi connectivity index (χ1v) is 13.1. The van der Waals surface area contributed by atoms with Crippen LogP contribution in [0.2, 0.25) is 0 Å². The molecule has 1 aromatic heterocycles. The summed E-state index contributed by atoms with van der Waals surface area (Å²) in [5.74, 6) is -0.725. The van der Waals surface area contributed by atoms with Gasteiger partial charge in [0.25, 0.3) is 11.6 Å². The second-order valence-electron chi connectivity index (χ2n) is 8.40. The van der Waals surface area contributed by atoms with Crippen LogP contribution in [0.15, 0.2) is 83.9 Å². The zero-order chi connectivity index (χ0) is 27.8. The molecule has 0 radical (unpaired) electrons. The van der Waals surface area contributed by atoms with Gasteiger partial charge in [-0.15, -0.1) is 11.8 Å². The van der Waals surface area contributed by atoms with Gasteiger partial charge in [-0.25, -0.2) is 4.79 Å². The van der Waals surface area contributed by atoms with E-state index in [2.05, 4.69) is 10.6 Å². The molecule has 4 rings (SSSR count). The van der Waals surface area contributed by atoms with Crippen molar-refractivity contribution in [3.63, 3.8) is 0 Å². The number of carbonyl (C=O) groups is 3. The summed E-state index contributed by atoms with van der Waals surface area (Å²) in [6.45, 7) is 2.88. The zero-order valence-electron chi connectivity index (χ0n) is 21.1. The molecular formula is C28H26N4O6S. The zero-order valence-corrected chi connectivity index (χ0v) is 21.9. The van der Waals surface area contributed by atoms with Crippen LogP contribution < -0.4 is 10.6 Å². The highest BCUT2D eigenvalue weighted by atomic mass is 32.2. The van der Waals surface area contributed by atoms with Gasteiger partial charge in [0.15, 0.2) is 0 Å². The maximum absolute atomic E-state index is 12.6. The molecule has 0 saturated carbocycles. The van der Waals surface area contributed by atoms with Crippen LogP contribution in [0.1, 0.15) is 27.6 Å². The van der Waals surface area contributed by atoms with Crippen molar-refractivity contribution in [3.8, 4) is 0 Å². The number of nitrogens with zero attached hydrogens (tertiary/aromatic N) is 2. The summed E-state index contributed by atoms with van der Waals surface area (Å²) in [4.78, 5) is 48.0. The second kappa shape index (κ2) is 12.7. The number of non-ortho nitro benzene ring substituents is 1. The third-order valence-electron chi connectivity index (χ3n) is 5.77. The van der Waals surface area contributed by atoms with Crippen molar-refractivity contribution in [1.82, 2.24) is 9.88 Å². The molecule has 3 aromatic carbocycles. The van der Waals surface area contributed by atoms with Crippen LogP contribution in [0.3, 0.4) is 0 Å². The van der Waals surface area contributed by atoms with Gasteiger partial charge in [0.1, 0.15) is 0 Å². The van der Waals surface area contributed by atoms with E-state index in [4.69, 9.17) is 4.74 Å². The quantitative estimate of drug-likeness (QED) is 0.118. The molecular weight excluding hydrogens is 520 g/mol. The summed E-state index contributed by atoms with van der Waals surface area (Å²) < 4.78 is 6.98. The minimum absolute atomic E-state index is 0.0732. The summed E-state index contributed by atoms with van der Waals surface area (Å²) in [7, 11) is 0. The molecule has 2 N–H and O–H groups in total. The molecule has 0 bridgehead atoms. The Hall–Kier alpha value is -4.64. The van der Waals surface area contributed by atoms with E-state index in [-0.39, 0.29) is 23.3 Å². The number of fused-ring (bicyclic) bond motifs is 1. The number of esters is 1. The van der Waals surface area contributed by atoms with E-state index in [1.807, 2.05) is 35.0 Å². The number of amides is 2. The van der Waals surface area contributed by atoms with Crippen molar-refractivity contribution in [2.45, 2.75) is 18.4 Å².